The third-order valence-electron chi connectivity index (χ3n) is 5.27. The first-order chi connectivity index (χ1) is 13.8. The molecule has 0 atom stereocenters. The molecule has 144 valence electrons. The third kappa shape index (κ3) is 4.39. The monoisotopic (exact) mass is 373 g/mol. The SMILES string of the molecule is CCn1c(C#CNc2ccccc2)cc2cc(CNC3CCOCC3)ccc21. The second kappa shape index (κ2) is 8.97. The Balaban J connectivity index is 1.50. The number of aryl methyl sites for hydroxylation is 1. The maximum absolute atomic E-state index is 5.44. The molecule has 1 aliphatic rings. The van der Waals surface area contributed by atoms with E-state index in [2.05, 4.69) is 58.4 Å². The topological polar surface area (TPSA) is 38.2 Å². The van der Waals surface area contributed by atoms with E-state index in [-0.39, 0.29) is 0 Å². The predicted octanol–water partition coefficient (Wildman–Crippen LogP) is 4.35. The summed E-state index contributed by atoms with van der Waals surface area (Å²) >= 11 is 0. The Morgan fingerprint density at radius 3 is 2.68 bits per heavy atom. The van der Waals surface area contributed by atoms with Crippen molar-refractivity contribution in [3.63, 3.8) is 0 Å². The molecule has 0 bridgehead atoms. The number of para-hydroxylation sites is 1. The van der Waals surface area contributed by atoms with Gasteiger partial charge in [-0.1, -0.05) is 24.3 Å². The van der Waals surface area contributed by atoms with Gasteiger partial charge in [0, 0.05) is 55.0 Å². The fraction of sp³-hybridized carbons (Fsp3) is 0.333. The molecule has 2 N–H and O–H groups in total. The van der Waals surface area contributed by atoms with Gasteiger partial charge in [0.05, 0.1) is 5.69 Å². The van der Waals surface area contributed by atoms with Gasteiger partial charge in [0.2, 0.25) is 0 Å². The van der Waals surface area contributed by atoms with Crippen LogP contribution in [-0.4, -0.2) is 23.8 Å². The first-order valence-electron chi connectivity index (χ1n) is 10.1. The summed E-state index contributed by atoms with van der Waals surface area (Å²) in [5.41, 5.74) is 4.60. The van der Waals surface area contributed by atoms with Gasteiger partial charge in [-0.2, -0.15) is 0 Å². The van der Waals surface area contributed by atoms with E-state index >= 15 is 0 Å². The molecule has 0 spiro atoms. The Hall–Kier alpha value is -2.74. The van der Waals surface area contributed by atoms with E-state index in [4.69, 9.17) is 4.74 Å². The molecule has 3 aromatic rings. The number of nitrogens with zero attached hydrogens (tertiary/aromatic N) is 1. The van der Waals surface area contributed by atoms with Gasteiger partial charge >= 0.3 is 0 Å². The van der Waals surface area contributed by atoms with Gasteiger partial charge in [-0.3, -0.25) is 0 Å². The van der Waals surface area contributed by atoms with Gasteiger partial charge in [-0.05, 0) is 61.6 Å². The largest absolute Gasteiger partial charge is 0.381 e. The lowest BCUT2D eigenvalue weighted by atomic mass is 10.1. The minimum Gasteiger partial charge on any atom is -0.381 e. The minimum absolute atomic E-state index is 0.565. The number of ether oxygens (including phenoxy) is 1. The molecule has 2 aromatic carbocycles. The molecule has 0 aliphatic carbocycles. The summed E-state index contributed by atoms with van der Waals surface area (Å²) in [6.07, 6.45) is 2.20. The minimum atomic E-state index is 0.565. The second-order valence-corrected chi connectivity index (χ2v) is 7.18. The van der Waals surface area contributed by atoms with Crippen LogP contribution < -0.4 is 10.6 Å². The number of anilines is 1. The van der Waals surface area contributed by atoms with Crippen LogP contribution in [0.25, 0.3) is 10.9 Å². The second-order valence-electron chi connectivity index (χ2n) is 7.18. The van der Waals surface area contributed by atoms with Crippen molar-refractivity contribution in [2.45, 2.75) is 38.9 Å². The molecule has 28 heavy (non-hydrogen) atoms. The molecule has 4 rings (SSSR count). The number of hydrogen-bond acceptors (Lipinski definition) is 3. The van der Waals surface area contributed by atoms with Crippen LogP contribution in [0.5, 0.6) is 0 Å². The zero-order valence-corrected chi connectivity index (χ0v) is 16.4. The van der Waals surface area contributed by atoms with Crippen LogP contribution >= 0.6 is 0 Å². The van der Waals surface area contributed by atoms with Crippen LogP contribution in [0.1, 0.15) is 31.0 Å². The third-order valence-corrected chi connectivity index (χ3v) is 5.27. The van der Waals surface area contributed by atoms with Crippen molar-refractivity contribution in [3.8, 4) is 12.0 Å². The highest BCUT2D eigenvalue weighted by atomic mass is 16.5. The summed E-state index contributed by atoms with van der Waals surface area (Å²) in [4.78, 5) is 0. The van der Waals surface area contributed by atoms with Gasteiger partial charge in [0.25, 0.3) is 0 Å². The normalized spacial score (nSPS) is 14.6. The molecule has 2 heterocycles. The van der Waals surface area contributed by atoms with Crippen LogP contribution in [-0.2, 0) is 17.8 Å². The van der Waals surface area contributed by atoms with Crippen molar-refractivity contribution in [2.24, 2.45) is 0 Å². The lowest BCUT2D eigenvalue weighted by molar-refractivity contribution is 0.0776. The van der Waals surface area contributed by atoms with Crippen molar-refractivity contribution < 1.29 is 4.74 Å². The summed E-state index contributed by atoms with van der Waals surface area (Å²) < 4.78 is 7.71. The molecule has 1 saturated heterocycles. The molecule has 0 amide bonds. The molecule has 1 aliphatic heterocycles. The Morgan fingerprint density at radius 1 is 1.07 bits per heavy atom. The van der Waals surface area contributed by atoms with Crippen LogP contribution in [0.3, 0.4) is 0 Å². The number of fused-ring (bicyclic) bond motifs is 1. The van der Waals surface area contributed by atoms with Crippen LogP contribution in [0.2, 0.25) is 0 Å². The Morgan fingerprint density at radius 2 is 1.89 bits per heavy atom. The van der Waals surface area contributed by atoms with Gasteiger partial charge in [-0.25, -0.2) is 0 Å². The summed E-state index contributed by atoms with van der Waals surface area (Å²) in [6, 6.07) is 22.6. The fourth-order valence-corrected chi connectivity index (χ4v) is 3.73. The molecule has 0 unspecified atom stereocenters. The van der Waals surface area contributed by atoms with Gasteiger partial charge in [-0.15, -0.1) is 0 Å². The van der Waals surface area contributed by atoms with Crippen molar-refractivity contribution in [1.82, 2.24) is 9.88 Å². The standard InChI is InChI=1S/C24H27N3O/c1-2-27-23(10-13-25-21-6-4-3-5-7-21)17-20-16-19(8-9-24(20)27)18-26-22-11-14-28-15-12-22/h3-9,16-17,22,25-26H,2,11-12,14-15,18H2,1H3. The lowest BCUT2D eigenvalue weighted by Gasteiger charge is -2.23. The van der Waals surface area contributed by atoms with Gasteiger partial charge in [0.15, 0.2) is 0 Å². The summed E-state index contributed by atoms with van der Waals surface area (Å²) in [6.45, 7) is 5.70. The van der Waals surface area contributed by atoms with E-state index in [0.29, 0.717) is 6.04 Å². The number of hydrogen-bond donors (Lipinski definition) is 2. The molecule has 4 heteroatoms. The highest BCUT2D eigenvalue weighted by Gasteiger charge is 2.13. The molecular weight excluding hydrogens is 346 g/mol. The molecule has 1 fully saturated rings. The zero-order valence-electron chi connectivity index (χ0n) is 16.4. The van der Waals surface area contributed by atoms with Gasteiger partial charge in [0.1, 0.15) is 0 Å². The number of nitrogens with one attached hydrogen (secondary N) is 2. The van der Waals surface area contributed by atoms with Crippen LogP contribution in [0.4, 0.5) is 5.69 Å². The molecule has 4 nitrogen and oxygen atoms in total. The van der Waals surface area contributed by atoms with E-state index in [0.717, 1.165) is 50.5 Å². The first-order valence-corrected chi connectivity index (χ1v) is 10.1. The van der Waals surface area contributed by atoms with Crippen molar-refractivity contribution in [1.29, 1.82) is 0 Å². The van der Waals surface area contributed by atoms with Crippen molar-refractivity contribution in [3.05, 3.63) is 65.9 Å². The molecule has 0 radical (unpaired) electrons. The van der Waals surface area contributed by atoms with E-state index in [1.54, 1.807) is 0 Å². The summed E-state index contributed by atoms with van der Waals surface area (Å²) in [7, 11) is 0. The van der Waals surface area contributed by atoms with E-state index in [1.165, 1.54) is 16.5 Å². The van der Waals surface area contributed by atoms with E-state index < -0.39 is 0 Å². The fourth-order valence-electron chi connectivity index (χ4n) is 3.73. The lowest BCUT2D eigenvalue weighted by Crippen LogP contribution is -2.34. The average Bonchev–Trinajstić information content (AvgIpc) is 3.10. The Labute approximate surface area is 166 Å². The molecular formula is C24H27N3O. The Bertz CT molecular complexity index is 975. The maximum Gasteiger partial charge on any atom is 0.0949 e. The number of aromatic nitrogens is 1. The molecule has 1 aromatic heterocycles. The first kappa shape index (κ1) is 18.6. The van der Waals surface area contributed by atoms with Gasteiger partial charge < -0.3 is 19.9 Å². The zero-order chi connectivity index (χ0) is 19.2. The summed E-state index contributed by atoms with van der Waals surface area (Å²) in [5, 5.41) is 8.08. The number of rotatable bonds is 5. The number of benzene rings is 2. The van der Waals surface area contributed by atoms with E-state index in [9.17, 15) is 0 Å². The molecule has 0 saturated carbocycles. The highest BCUT2D eigenvalue weighted by molar-refractivity contribution is 5.83. The van der Waals surface area contributed by atoms with E-state index in [1.807, 2.05) is 30.3 Å². The van der Waals surface area contributed by atoms with Crippen molar-refractivity contribution >= 4 is 16.6 Å². The maximum atomic E-state index is 5.44. The van der Waals surface area contributed by atoms with Crippen LogP contribution in [0, 0.1) is 12.0 Å². The predicted molar refractivity (Wildman–Crippen MR) is 115 cm³/mol. The van der Waals surface area contributed by atoms with Crippen molar-refractivity contribution in [2.75, 3.05) is 18.5 Å². The van der Waals surface area contributed by atoms with Crippen LogP contribution in [0.15, 0.2) is 54.6 Å². The summed E-state index contributed by atoms with van der Waals surface area (Å²) in [5.74, 6) is 3.28. The quantitative estimate of drug-likeness (QED) is 0.516. The average molecular weight is 374 g/mol. The smallest absolute Gasteiger partial charge is 0.0949 e. The highest BCUT2D eigenvalue weighted by Crippen LogP contribution is 2.21. The Kier molecular flexibility index (Phi) is 5.96.